The summed E-state index contributed by atoms with van der Waals surface area (Å²) in [7, 11) is 0. The monoisotopic (exact) mass is 280 g/mol. The van der Waals surface area contributed by atoms with Crippen molar-refractivity contribution in [2.45, 2.75) is 33.6 Å². The summed E-state index contributed by atoms with van der Waals surface area (Å²) in [5.74, 6) is 0. The number of nitrogens with zero attached hydrogens (tertiary/aromatic N) is 1. The number of benzene rings is 1. The number of pyridine rings is 1. The van der Waals surface area contributed by atoms with E-state index in [-0.39, 0.29) is 0 Å². The highest BCUT2D eigenvalue weighted by atomic mass is 14.7. The fraction of sp³-hybridized carbons (Fsp3) is 0.316. The van der Waals surface area contributed by atoms with E-state index in [0.29, 0.717) is 6.54 Å². The van der Waals surface area contributed by atoms with Crippen LogP contribution in [0.2, 0.25) is 0 Å². The topological polar surface area (TPSA) is 38.9 Å². The molecule has 3 rings (SSSR count). The van der Waals surface area contributed by atoms with Crippen LogP contribution < -0.4 is 5.73 Å². The molecule has 0 atom stereocenters. The molecule has 0 radical (unpaired) electrons. The fourth-order valence-corrected chi connectivity index (χ4v) is 2.55. The van der Waals surface area contributed by atoms with Gasteiger partial charge in [0.25, 0.3) is 0 Å². The van der Waals surface area contributed by atoms with Crippen molar-refractivity contribution in [3.05, 3.63) is 59.3 Å². The molecule has 0 saturated carbocycles. The summed E-state index contributed by atoms with van der Waals surface area (Å²) in [6.45, 7) is 6.75. The molecule has 2 nitrogen and oxygen atoms in total. The van der Waals surface area contributed by atoms with Gasteiger partial charge in [-0.1, -0.05) is 45.0 Å². The Morgan fingerprint density at radius 2 is 1.95 bits per heavy atom. The van der Waals surface area contributed by atoms with E-state index in [1.807, 2.05) is 20.0 Å². The van der Waals surface area contributed by atoms with Gasteiger partial charge in [0.05, 0.1) is 5.69 Å². The average molecular weight is 280 g/mol. The molecule has 2 N–H and O–H groups in total. The lowest BCUT2D eigenvalue weighted by Gasteiger charge is -2.07. The minimum atomic E-state index is 0.610. The lowest BCUT2D eigenvalue weighted by Crippen LogP contribution is -2.01. The predicted octanol–water partition coefficient (Wildman–Crippen LogP) is 4.24. The van der Waals surface area contributed by atoms with Crippen molar-refractivity contribution >= 4 is 5.57 Å². The van der Waals surface area contributed by atoms with Gasteiger partial charge in [0.2, 0.25) is 0 Å². The average Bonchev–Trinajstić information content (AvgIpc) is 2.99. The highest BCUT2D eigenvalue weighted by Crippen LogP contribution is 2.30. The van der Waals surface area contributed by atoms with Crippen molar-refractivity contribution in [2.24, 2.45) is 5.73 Å². The SMILES string of the molecule is CC.CCc1ccc(-c2ccc3c(c2)C(CN)=CC3)nc1. The van der Waals surface area contributed by atoms with Gasteiger partial charge in [-0.25, -0.2) is 0 Å². The summed E-state index contributed by atoms with van der Waals surface area (Å²) >= 11 is 0. The van der Waals surface area contributed by atoms with Crippen molar-refractivity contribution in [2.75, 3.05) is 6.54 Å². The number of nitrogens with two attached hydrogens (primary N) is 1. The zero-order valence-electron chi connectivity index (χ0n) is 13.2. The number of hydrogen-bond acceptors (Lipinski definition) is 2. The van der Waals surface area contributed by atoms with Gasteiger partial charge in [-0.3, -0.25) is 4.98 Å². The van der Waals surface area contributed by atoms with E-state index in [0.717, 1.165) is 18.5 Å². The lowest BCUT2D eigenvalue weighted by atomic mass is 10.00. The standard InChI is InChI=1S/C17H18N2.C2H6/c1-2-12-3-8-17(19-11-12)14-6-4-13-5-7-15(10-18)16(13)9-14;1-2/h3-4,6-9,11H,2,5,10,18H2,1H3;1-2H3. The van der Waals surface area contributed by atoms with Crippen molar-refractivity contribution < 1.29 is 0 Å². The Morgan fingerprint density at radius 3 is 2.57 bits per heavy atom. The first-order valence-corrected chi connectivity index (χ1v) is 7.79. The maximum Gasteiger partial charge on any atom is 0.0702 e. The first-order valence-electron chi connectivity index (χ1n) is 7.79. The van der Waals surface area contributed by atoms with Crippen LogP contribution in [0.4, 0.5) is 0 Å². The Hall–Kier alpha value is -1.93. The van der Waals surface area contributed by atoms with Crippen LogP contribution in [0, 0.1) is 0 Å². The van der Waals surface area contributed by atoms with E-state index in [1.165, 1.54) is 27.8 Å². The molecule has 1 heterocycles. The Labute approximate surface area is 127 Å². The molecule has 0 aliphatic heterocycles. The van der Waals surface area contributed by atoms with E-state index in [4.69, 9.17) is 5.73 Å². The van der Waals surface area contributed by atoms with Crippen LogP contribution in [-0.2, 0) is 12.8 Å². The number of rotatable bonds is 3. The van der Waals surface area contributed by atoms with Crippen LogP contribution in [0.25, 0.3) is 16.8 Å². The van der Waals surface area contributed by atoms with Gasteiger partial charge in [0.1, 0.15) is 0 Å². The highest BCUT2D eigenvalue weighted by molar-refractivity contribution is 5.78. The number of hydrogen-bond donors (Lipinski definition) is 1. The smallest absolute Gasteiger partial charge is 0.0702 e. The number of fused-ring (bicyclic) bond motifs is 1. The Kier molecular flexibility index (Phi) is 5.29. The number of allylic oxidation sites excluding steroid dienone is 1. The third-order valence-electron chi connectivity index (χ3n) is 3.77. The molecule has 21 heavy (non-hydrogen) atoms. The van der Waals surface area contributed by atoms with Crippen LogP contribution in [0.3, 0.4) is 0 Å². The second-order valence-electron chi connectivity index (χ2n) is 4.91. The lowest BCUT2D eigenvalue weighted by molar-refractivity contribution is 1.10. The summed E-state index contributed by atoms with van der Waals surface area (Å²) in [5, 5.41) is 0. The third kappa shape index (κ3) is 3.22. The Morgan fingerprint density at radius 1 is 1.14 bits per heavy atom. The molecule has 2 heteroatoms. The molecule has 0 saturated heterocycles. The molecule has 1 aliphatic carbocycles. The minimum Gasteiger partial charge on any atom is -0.326 e. The van der Waals surface area contributed by atoms with Crippen LogP contribution in [0.1, 0.15) is 37.5 Å². The largest absolute Gasteiger partial charge is 0.326 e. The summed E-state index contributed by atoms with van der Waals surface area (Å²) in [6, 6.07) is 10.8. The second-order valence-corrected chi connectivity index (χ2v) is 4.91. The minimum absolute atomic E-state index is 0.610. The zero-order valence-corrected chi connectivity index (χ0v) is 13.2. The molecule has 1 aliphatic rings. The molecule has 0 fully saturated rings. The van der Waals surface area contributed by atoms with Crippen molar-refractivity contribution in [1.82, 2.24) is 4.98 Å². The number of aromatic nitrogens is 1. The van der Waals surface area contributed by atoms with Gasteiger partial charge in [0.15, 0.2) is 0 Å². The van der Waals surface area contributed by atoms with Crippen LogP contribution in [0.5, 0.6) is 0 Å². The summed E-state index contributed by atoms with van der Waals surface area (Å²) < 4.78 is 0. The second kappa shape index (κ2) is 7.19. The van der Waals surface area contributed by atoms with Gasteiger partial charge in [0, 0.05) is 18.3 Å². The van der Waals surface area contributed by atoms with E-state index in [2.05, 4.69) is 48.3 Å². The quantitative estimate of drug-likeness (QED) is 0.913. The molecule has 0 unspecified atom stereocenters. The first-order chi connectivity index (χ1) is 10.3. The molecule has 0 spiro atoms. The normalized spacial score (nSPS) is 12.3. The Bertz CT molecular complexity index is 625. The van der Waals surface area contributed by atoms with Gasteiger partial charge in [-0.15, -0.1) is 0 Å². The zero-order chi connectivity index (χ0) is 15.2. The van der Waals surface area contributed by atoms with E-state index < -0.39 is 0 Å². The Balaban J connectivity index is 0.000000774. The van der Waals surface area contributed by atoms with Crippen LogP contribution in [-0.4, -0.2) is 11.5 Å². The summed E-state index contributed by atoms with van der Waals surface area (Å²) in [6.07, 6.45) is 6.21. The number of aryl methyl sites for hydroxylation is 1. The van der Waals surface area contributed by atoms with Gasteiger partial charge in [-0.05, 0) is 47.2 Å². The molecule has 110 valence electrons. The molecule has 0 bridgehead atoms. The van der Waals surface area contributed by atoms with E-state index in [9.17, 15) is 0 Å². The highest BCUT2D eigenvalue weighted by Gasteiger charge is 2.13. The van der Waals surface area contributed by atoms with Crippen molar-refractivity contribution in [1.29, 1.82) is 0 Å². The molecule has 2 aromatic rings. The fourth-order valence-electron chi connectivity index (χ4n) is 2.55. The first kappa shape index (κ1) is 15.5. The predicted molar refractivity (Wildman–Crippen MR) is 91.1 cm³/mol. The molecule has 0 amide bonds. The molecule has 1 aromatic heterocycles. The van der Waals surface area contributed by atoms with E-state index >= 15 is 0 Å². The maximum atomic E-state index is 5.79. The van der Waals surface area contributed by atoms with Crippen molar-refractivity contribution in [3.8, 4) is 11.3 Å². The van der Waals surface area contributed by atoms with Crippen molar-refractivity contribution in [3.63, 3.8) is 0 Å². The summed E-state index contributed by atoms with van der Waals surface area (Å²) in [5.41, 5.74) is 13.2. The molecule has 1 aromatic carbocycles. The molecular formula is C19H24N2. The summed E-state index contributed by atoms with van der Waals surface area (Å²) in [4.78, 5) is 4.55. The van der Waals surface area contributed by atoms with E-state index in [1.54, 1.807) is 0 Å². The van der Waals surface area contributed by atoms with Gasteiger partial charge >= 0.3 is 0 Å². The van der Waals surface area contributed by atoms with Gasteiger partial charge in [-0.2, -0.15) is 0 Å². The molecular weight excluding hydrogens is 256 g/mol. The van der Waals surface area contributed by atoms with Crippen LogP contribution in [0.15, 0.2) is 42.6 Å². The van der Waals surface area contributed by atoms with Crippen LogP contribution >= 0.6 is 0 Å². The third-order valence-corrected chi connectivity index (χ3v) is 3.77. The van der Waals surface area contributed by atoms with Gasteiger partial charge < -0.3 is 5.73 Å². The maximum absolute atomic E-state index is 5.79.